The van der Waals surface area contributed by atoms with Gasteiger partial charge >= 0.3 is 5.97 Å². The van der Waals surface area contributed by atoms with E-state index in [1.807, 2.05) is 18.2 Å². The van der Waals surface area contributed by atoms with Crippen LogP contribution in [0.2, 0.25) is 0 Å². The van der Waals surface area contributed by atoms with Crippen molar-refractivity contribution in [2.75, 3.05) is 0 Å². The maximum absolute atomic E-state index is 14.3. The number of carbonyl (C=O) groups is 3. The number of ketones is 1. The maximum atomic E-state index is 14.3. The molecule has 0 spiro atoms. The average molecular weight is 608 g/mol. The minimum atomic E-state index is -1.30. The van der Waals surface area contributed by atoms with E-state index in [0.29, 0.717) is 39.2 Å². The fourth-order valence-corrected chi connectivity index (χ4v) is 5.02. The van der Waals surface area contributed by atoms with Crippen LogP contribution in [0.5, 0.6) is 5.75 Å². The first-order valence-corrected chi connectivity index (χ1v) is 14.5. The zero-order valence-electron chi connectivity index (χ0n) is 25.8. The van der Waals surface area contributed by atoms with Crippen LogP contribution in [0.4, 0.5) is 4.39 Å². The Morgan fingerprint density at radius 2 is 1.64 bits per heavy atom. The van der Waals surface area contributed by atoms with E-state index in [1.165, 1.54) is 10.6 Å². The van der Waals surface area contributed by atoms with Crippen molar-refractivity contribution in [3.05, 3.63) is 114 Å². The van der Waals surface area contributed by atoms with Crippen LogP contribution in [0, 0.1) is 16.6 Å². The maximum Gasteiger partial charge on any atom is 0.309 e. The number of fused-ring (bicyclic) bond motifs is 1. The van der Waals surface area contributed by atoms with E-state index < -0.39 is 22.6 Å². The molecule has 1 N–H and O–H groups in total. The number of carboxylic acid groups (broad SMARTS) is 1. The molecule has 230 valence electrons. The Hall–Kier alpha value is -5.18. The molecule has 0 atom stereocenters. The second-order valence-corrected chi connectivity index (χ2v) is 12.6. The summed E-state index contributed by atoms with van der Waals surface area (Å²) < 4.78 is 20.9. The average Bonchev–Trinajstić information content (AvgIpc) is 3.31. The highest BCUT2D eigenvalue weighted by molar-refractivity contribution is 6.19. The van der Waals surface area contributed by atoms with Gasteiger partial charge in [0, 0.05) is 46.3 Å². The number of ether oxygens (including phenoxy) is 1. The van der Waals surface area contributed by atoms with Gasteiger partial charge in [-0.2, -0.15) is 0 Å². The van der Waals surface area contributed by atoms with E-state index in [1.54, 1.807) is 89.3 Å². The third kappa shape index (κ3) is 6.52. The fourth-order valence-electron chi connectivity index (χ4n) is 5.02. The van der Waals surface area contributed by atoms with Gasteiger partial charge in [0.2, 0.25) is 5.91 Å². The number of carbonyl (C=O) groups excluding carboxylic acids is 2. The number of nitrogens with zero attached hydrogens (tertiary/aromatic N) is 3. The molecule has 0 saturated heterocycles. The van der Waals surface area contributed by atoms with Gasteiger partial charge in [0.25, 0.3) is 0 Å². The standard InChI is InChI=1S/C36H34FN3O5/c1-35(2,3)33(42)40-29-18-26(45-21-25-8-6-7-17-38-25)14-15-27(29)31(30(40)19-36(4,5)34(43)44)32(41)23-11-9-22(10-12-23)28-16-13-24(37)20-39-28/h6-18,20H,19,21H2,1-5H3,(H,43,44). The fraction of sp³-hybridized carbons (Fsp3) is 0.250. The summed E-state index contributed by atoms with van der Waals surface area (Å²) in [6, 6.07) is 20.3. The van der Waals surface area contributed by atoms with Crippen LogP contribution >= 0.6 is 0 Å². The summed E-state index contributed by atoms with van der Waals surface area (Å²) in [5.74, 6) is -1.70. The van der Waals surface area contributed by atoms with Crippen LogP contribution in [0.3, 0.4) is 0 Å². The monoisotopic (exact) mass is 607 g/mol. The number of aliphatic carboxylic acids is 1. The molecule has 2 aromatic carbocycles. The normalized spacial score (nSPS) is 11.9. The van der Waals surface area contributed by atoms with E-state index in [2.05, 4.69) is 9.97 Å². The number of halogens is 1. The zero-order chi connectivity index (χ0) is 32.5. The molecule has 0 bridgehead atoms. The number of benzene rings is 2. The van der Waals surface area contributed by atoms with Crippen LogP contribution in [0.1, 0.15) is 66.7 Å². The highest BCUT2D eigenvalue weighted by Crippen LogP contribution is 2.37. The number of pyridine rings is 2. The van der Waals surface area contributed by atoms with Crippen LogP contribution in [0.15, 0.2) is 85.2 Å². The van der Waals surface area contributed by atoms with Gasteiger partial charge in [-0.05, 0) is 50.2 Å². The van der Waals surface area contributed by atoms with Crippen molar-refractivity contribution in [2.45, 2.75) is 47.6 Å². The van der Waals surface area contributed by atoms with E-state index in [0.717, 1.165) is 11.9 Å². The lowest BCUT2D eigenvalue weighted by molar-refractivity contribution is -0.146. The molecular formula is C36H34FN3O5. The van der Waals surface area contributed by atoms with Crippen molar-refractivity contribution < 1.29 is 28.6 Å². The molecule has 45 heavy (non-hydrogen) atoms. The van der Waals surface area contributed by atoms with Crippen LogP contribution < -0.4 is 4.74 Å². The molecule has 0 amide bonds. The van der Waals surface area contributed by atoms with Gasteiger partial charge in [-0.25, -0.2) is 4.39 Å². The number of carboxylic acids is 1. The molecule has 0 aliphatic rings. The molecule has 5 rings (SSSR count). The number of aromatic nitrogens is 3. The summed E-state index contributed by atoms with van der Waals surface area (Å²) >= 11 is 0. The Kier molecular flexibility index (Phi) is 8.38. The van der Waals surface area contributed by atoms with Gasteiger partial charge in [0.15, 0.2) is 5.78 Å². The van der Waals surface area contributed by atoms with Crippen molar-refractivity contribution >= 4 is 28.6 Å². The van der Waals surface area contributed by atoms with E-state index in [-0.39, 0.29) is 30.3 Å². The van der Waals surface area contributed by atoms with E-state index >= 15 is 0 Å². The quantitative estimate of drug-likeness (QED) is 0.174. The van der Waals surface area contributed by atoms with Gasteiger partial charge in [-0.15, -0.1) is 0 Å². The predicted molar refractivity (Wildman–Crippen MR) is 169 cm³/mol. The lowest BCUT2D eigenvalue weighted by Gasteiger charge is -2.24. The molecule has 9 heteroatoms. The van der Waals surface area contributed by atoms with Gasteiger partial charge in [-0.3, -0.25) is 28.9 Å². The Morgan fingerprint density at radius 3 is 2.24 bits per heavy atom. The highest BCUT2D eigenvalue weighted by Gasteiger charge is 2.37. The summed E-state index contributed by atoms with van der Waals surface area (Å²) in [5.41, 5.74) is 1.16. The molecule has 0 saturated carbocycles. The van der Waals surface area contributed by atoms with Crippen LogP contribution in [-0.2, 0) is 17.8 Å². The summed E-state index contributed by atoms with van der Waals surface area (Å²) in [4.78, 5) is 49.1. The second kappa shape index (κ2) is 12.1. The Balaban J connectivity index is 1.67. The molecule has 5 aromatic rings. The molecule has 3 heterocycles. The van der Waals surface area contributed by atoms with Crippen molar-refractivity contribution in [3.8, 4) is 17.0 Å². The highest BCUT2D eigenvalue weighted by atomic mass is 19.1. The minimum absolute atomic E-state index is 0.0817. The molecule has 0 unspecified atom stereocenters. The summed E-state index contributed by atoms with van der Waals surface area (Å²) in [7, 11) is 0. The summed E-state index contributed by atoms with van der Waals surface area (Å²) in [6.07, 6.45) is 2.72. The number of hydrogen-bond donors (Lipinski definition) is 1. The Morgan fingerprint density at radius 1 is 0.911 bits per heavy atom. The summed E-state index contributed by atoms with van der Waals surface area (Å²) in [6.45, 7) is 8.66. The largest absolute Gasteiger partial charge is 0.487 e. The second-order valence-electron chi connectivity index (χ2n) is 12.6. The van der Waals surface area contributed by atoms with Crippen molar-refractivity contribution in [1.82, 2.24) is 14.5 Å². The van der Waals surface area contributed by atoms with Crippen molar-refractivity contribution in [1.29, 1.82) is 0 Å². The van der Waals surface area contributed by atoms with Crippen LogP contribution in [-0.4, -0.2) is 37.3 Å². The Labute approximate surface area is 260 Å². The van der Waals surface area contributed by atoms with E-state index in [4.69, 9.17) is 4.74 Å². The molecule has 8 nitrogen and oxygen atoms in total. The first-order chi connectivity index (χ1) is 21.3. The lowest BCUT2D eigenvalue weighted by Crippen LogP contribution is -2.32. The smallest absolute Gasteiger partial charge is 0.309 e. The SMILES string of the molecule is CC(C)(C)C(=O)n1c(CC(C)(C)C(=O)O)c(C(=O)c2ccc(-c3ccc(F)cn3)cc2)c2ccc(OCc3ccccn3)cc21. The lowest BCUT2D eigenvalue weighted by atomic mass is 9.85. The van der Waals surface area contributed by atoms with Gasteiger partial charge < -0.3 is 9.84 Å². The molecule has 0 fully saturated rings. The third-order valence-electron chi connectivity index (χ3n) is 7.58. The number of rotatable bonds is 9. The predicted octanol–water partition coefficient (Wildman–Crippen LogP) is 7.39. The van der Waals surface area contributed by atoms with E-state index in [9.17, 15) is 23.9 Å². The molecular weight excluding hydrogens is 573 g/mol. The third-order valence-corrected chi connectivity index (χ3v) is 7.58. The minimum Gasteiger partial charge on any atom is -0.487 e. The molecule has 0 radical (unpaired) electrons. The van der Waals surface area contributed by atoms with Crippen LogP contribution in [0.25, 0.3) is 22.2 Å². The van der Waals surface area contributed by atoms with Crippen molar-refractivity contribution in [2.24, 2.45) is 10.8 Å². The first-order valence-electron chi connectivity index (χ1n) is 14.5. The molecule has 0 aliphatic heterocycles. The topological polar surface area (TPSA) is 111 Å². The molecule has 3 aromatic heterocycles. The van der Waals surface area contributed by atoms with Gasteiger partial charge in [-0.1, -0.05) is 51.1 Å². The van der Waals surface area contributed by atoms with Gasteiger partial charge in [0.05, 0.1) is 34.1 Å². The van der Waals surface area contributed by atoms with Gasteiger partial charge in [0.1, 0.15) is 18.2 Å². The first kappa shape index (κ1) is 31.3. The summed E-state index contributed by atoms with van der Waals surface area (Å²) in [5, 5.41) is 10.6. The van der Waals surface area contributed by atoms with Crippen molar-refractivity contribution in [3.63, 3.8) is 0 Å². The molecule has 0 aliphatic carbocycles. The zero-order valence-corrected chi connectivity index (χ0v) is 25.8. The number of hydrogen-bond acceptors (Lipinski definition) is 6. The Bertz CT molecular complexity index is 1890.